The summed E-state index contributed by atoms with van der Waals surface area (Å²) < 4.78 is 20.9. The number of aliphatic carboxylic acids is 1. The molecule has 0 aromatic heterocycles. The zero-order valence-electron chi connectivity index (χ0n) is 8.70. The molecule has 2 N–H and O–H groups in total. The van der Waals surface area contributed by atoms with Crippen molar-refractivity contribution in [1.82, 2.24) is 5.32 Å². The van der Waals surface area contributed by atoms with Gasteiger partial charge in [0.15, 0.2) is 14.6 Å². The second-order valence-corrected chi connectivity index (χ2v) is 5.86. The molecule has 0 bridgehead atoms. The van der Waals surface area contributed by atoms with E-state index in [9.17, 15) is 13.2 Å². The second kappa shape index (κ2) is 4.75. The Labute approximate surface area is 84.4 Å². The predicted octanol–water partition coefficient (Wildman–Crippen LogP) is -0.126. The van der Waals surface area contributed by atoms with E-state index in [0.717, 1.165) is 6.26 Å². The van der Waals surface area contributed by atoms with E-state index in [1.54, 1.807) is 0 Å². The quantitative estimate of drug-likeness (QED) is 0.613. The molecule has 0 radical (unpaired) electrons. The van der Waals surface area contributed by atoms with Crippen LogP contribution in [0.25, 0.3) is 0 Å². The summed E-state index contributed by atoms with van der Waals surface area (Å²) in [6.07, 6.45) is 1.03. The van der Waals surface area contributed by atoms with Gasteiger partial charge in [0, 0.05) is 6.26 Å². The van der Waals surface area contributed by atoms with Crippen LogP contribution >= 0.6 is 0 Å². The fourth-order valence-corrected chi connectivity index (χ4v) is 1.74. The number of hydrogen-bond donors (Lipinski definition) is 2. The zero-order chi connectivity index (χ0) is 11.4. The van der Waals surface area contributed by atoms with Crippen molar-refractivity contribution < 1.29 is 18.3 Å². The summed E-state index contributed by atoms with van der Waals surface area (Å²) in [4.78, 5) is 10.9. The molecule has 5 nitrogen and oxygen atoms in total. The van der Waals surface area contributed by atoms with Gasteiger partial charge in [-0.1, -0.05) is 6.92 Å². The first-order chi connectivity index (χ1) is 6.25. The molecule has 0 fully saturated rings. The first-order valence-electron chi connectivity index (χ1n) is 4.39. The standard InChI is InChI=1S/C8H17NO4S/c1-4-9-6-5-8(2,7(10)11)14(3,12)13/h9H,4-6H2,1-3H3,(H,10,11). The largest absolute Gasteiger partial charge is 0.480 e. The Kier molecular flexibility index (Phi) is 4.54. The zero-order valence-corrected chi connectivity index (χ0v) is 9.52. The van der Waals surface area contributed by atoms with Crippen molar-refractivity contribution in [3.63, 3.8) is 0 Å². The molecule has 84 valence electrons. The van der Waals surface area contributed by atoms with Crippen LogP contribution < -0.4 is 5.32 Å². The Morgan fingerprint density at radius 3 is 2.29 bits per heavy atom. The fourth-order valence-electron chi connectivity index (χ4n) is 0.955. The third kappa shape index (κ3) is 2.95. The molecule has 0 saturated heterocycles. The summed E-state index contributed by atoms with van der Waals surface area (Å²) in [5.41, 5.74) is 0. The van der Waals surface area contributed by atoms with E-state index < -0.39 is 20.6 Å². The van der Waals surface area contributed by atoms with Crippen molar-refractivity contribution in [2.75, 3.05) is 19.3 Å². The van der Waals surface area contributed by atoms with Crippen molar-refractivity contribution >= 4 is 15.8 Å². The van der Waals surface area contributed by atoms with Crippen molar-refractivity contribution in [2.24, 2.45) is 0 Å². The number of carboxylic acids is 1. The molecule has 0 aliphatic rings. The number of nitrogens with one attached hydrogen (secondary N) is 1. The molecule has 0 amide bonds. The molecule has 0 spiro atoms. The van der Waals surface area contributed by atoms with E-state index in [2.05, 4.69) is 5.32 Å². The van der Waals surface area contributed by atoms with Gasteiger partial charge in [0.1, 0.15) is 0 Å². The van der Waals surface area contributed by atoms with Gasteiger partial charge in [-0.05, 0) is 26.4 Å². The summed E-state index contributed by atoms with van der Waals surface area (Å²) in [5.74, 6) is -1.29. The number of sulfone groups is 1. The molecule has 0 aromatic rings. The van der Waals surface area contributed by atoms with Crippen molar-refractivity contribution in [3.8, 4) is 0 Å². The molecule has 0 aliphatic heterocycles. The predicted molar refractivity (Wildman–Crippen MR) is 54.0 cm³/mol. The topological polar surface area (TPSA) is 83.5 Å². The lowest BCUT2D eigenvalue weighted by atomic mass is 10.1. The minimum atomic E-state index is -3.58. The maximum atomic E-state index is 11.3. The lowest BCUT2D eigenvalue weighted by Gasteiger charge is -2.22. The minimum absolute atomic E-state index is 0.0784. The van der Waals surface area contributed by atoms with Gasteiger partial charge in [-0.25, -0.2) is 8.42 Å². The van der Waals surface area contributed by atoms with Crippen LogP contribution in [0.15, 0.2) is 0 Å². The van der Waals surface area contributed by atoms with E-state index in [4.69, 9.17) is 5.11 Å². The van der Waals surface area contributed by atoms with Crippen LogP contribution in [0.3, 0.4) is 0 Å². The van der Waals surface area contributed by atoms with Crippen LogP contribution in [0.1, 0.15) is 20.3 Å². The molecule has 0 heterocycles. The molecule has 0 rings (SSSR count). The molecule has 0 aliphatic carbocycles. The van der Waals surface area contributed by atoms with E-state index in [0.29, 0.717) is 13.1 Å². The van der Waals surface area contributed by atoms with Gasteiger partial charge in [-0.15, -0.1) is 0 Å². The third-order valence-electron chi connectivity index (χ3n) is 2.30. The van der Waals surface area contributed by atoms with E-state index >= 15 is 0 Å². The van der Waals surface area contributed by atoms with Crippen molar-refractivity contribution in [3.05, 3.63) is 0 Å². The van der Waals surface area contributed by atoms with Crippen LogP contribution in [-0.4, -0.2) is 43.6 Å². The SMILES string of the molecule is CCNCCC(C)(C(=O)O)S(C)(=O)=O. The maximum absolute atomic E-state index is 11.3. The Hall–Kier alpha value is -0.620. The van der Waals surface area contributed by atoms with Gasteiger partial charge in [0.2, 0.25) is 0 Å². The lowest BCUT2D eigenvalue weighted by Crippen LogP contribution is -2.45. The van der Waals surface area contributed by atoms with Crippen LogP contribution in [0, 0.1) is 0 Å². The van der Waals surface area contributed by atoms with Gasteiger partial charge in [0.25, 0.3) is 0 Å². The summed E-state index contributed by atoms with van der Waals surface area (Å²) in [6, 6.07) is 0. The number of hydrogen-bond acceptors (Lipinski definition) is 4. The van der Waals surface area contributed by atoms with Crippen LogP contribution in [0.5, 0.6) is 0 Å². The Balaban J connectivity index is 4.68. The van der Waals surface area contributed by atoms with E-state index in [1.165, 1.54) is 6.92 Å². The van der Waals surface area contributed by atoms with Gasteiger partial charge in [-0.3, -0.25) is 4.79 Å². The fraction of sp³-hybridized carbons (Fsp3) is 0.875. The molecule has 1 unspecified atom stereocenters. The summed E-state index contributed by atoms with van der Waals surface area (Å²) in [5, 5.41) is 11.8. The number of rotatable bonds is 6. The van der Waals surface area contributed by atoms with Gasteiger partial charge < -0.3 is 10.4 Å². The highest BCUT2D eigenvalue weighted by Crippen LogP contribution is 2.20. The minimum Gasteiger partial charge on any atom is -0.480 e. The highest BCUT2D eigenvalue weighted by molar-refractivity contribution is 7.92. The van der Waals surface area contributed by atoms with Gasteiger partial charge >= 0.3 is 5.97 Å². The highest BCUT2D eigenvalue weighted by Gasteiger charge is 2.42. The number of carbonyl (C=O) groups is 1. The molecular formula is C8H17NO4S. The third-order valence-corrected chi connectivity index (χ3v) is 4.32. The van der Waals surface area contributed by atoms with Crippen molar-refractivity contribution in [1.29, 1.82) is 0 Å². The molecule has 14 heavy (non-hydrogen) atoms. The smallest absolute Gasteiger partial charge is 0.324 e. The van der Waals surface area contributed by atoms with E-state index in [-0.39, 0.29) is 6.42 Å². The molecule has 6 heteroatoms. The Bertz CT molecular complexity index is 298. The second-order valence-electron chi connectivity index (χ2n) is 3.41. The van der Waals surface area contributed by atoms with Gasteiger partial charge in [-0.2, -0.15) is 0 Å². The van der Waals surface area contributed by atoms with E-state index in [1.807, 2.05) is 6.92 Å². The normalized spacial score (nSPS) is 16.2. The van der Waals surface area contributed by atoms with Crippen LogP contribution in [0.2, 0.25) is 0 Å². The van der Waals surface area contributed by atoms with Gasteiger partial charge in [0.05, 0.1) is 0 Å². The molecular weight excluding hydrogens is 206 g/mol. The summed E-state index contributed by atoms with van der Waals surface area (Å²) in [7, 11) is -3.58. The first kappa shape index (κ1) is 13.4. The summed E-state index contributed by atoms with van der Waals surface area (Å²) in [6.45, 7) is 4.19. The Morgan fingerprint density at radius 2 is 2.00 bits per heavy atom. The summed E-state index contributed by atoms with van der Waals surface area (Å²) >= 11 is 0. The number of carboxylic acid groups (broad SMARTS) is 1. The molecule has 0 saturated carbocycles. The first-order valence-corrected chi connectivity index (χ1v) is 6.28. The maximum Gasteiger partial charge on any atom is 0.324 e. The highest BCUT2D eigenvalue weighted by atomic mass is 32.2. The van der Waals surface area contributed by atoms with Crippen molar-refractivity contribution in [2.45, 2.75) is 25.0 Å². The average molecular weight is 223 g/mol. The molecule has 1 atom stereocenters. The monoisotopic (exact) mass is 223 g/mol. The lowest BCUT2D eigenvalue weighted by molar-refractivity contribution is -0.139. The van der Waals surface area contributed by atoms with Crippen LogP contribution in [0.4, 0.5) is 0 Å². The Morgan fingerprint density at radius 1 is 1.50 bits per heavy atom. The van der Waals surface area contributed by atoms with Crippen LogP contribution in [-0.2, 0) is 14.6 Å². The average Bonchev–Trinajstić information content (AvgIpc) is 2.02. The molecule has 0 aromatic carbocycles.